The predicted octanol–water partition coefficient (Wildman–Crippen LogP) is 4.72. The van der Waals surface area contributed by atoms with Crippen LogP contribution < -0.4 is 5.32 Å². The third-order valence-electron chi connectivity index (χ3n) is 3.04. The van der Waals surface area contributed by atoms with Crippen molar-refractivity contribution in [3.8, 4) is 5.69 Å². The summed E-state index contributed by atoms with van der Waals surface area (Å²) in [5.74, 6) is 0.173. The molecule has 21 heavy (non-hydrogen) atoms. The summed E-state index contributed by atoms with van der Waals surface area (Å²) in [7, 11) is 0. The Balaban J connectivity index is 2.01. The highest BCUT2D eigenvalue weighted by atomic mass is 35.5. The number of imidazole rings is 1. The smallest absolute Gasteiger partial charge is 0.212 e. The summed E-state index contributed by atoms with van der Waals surface area (Å²) < 4.78 is 15.4. The number of hydrogen-bond donors (Lipinski definition) is 1. The minimum Gasteiger partial charge on any atom is -0.325 e. The van der Waals surface area contributed by atoms with Gasteiger partial charge in [-0.1, -0.05) is 29.8 Å². The van der Waals surface area contributed by atoms with Crippen LogP contribution in [0.5, 0.6) is 0 Å². The Morgan fingerprint density at radius 3 is 2.62 bits per heavy atom. The van der Waals surface area contributed by atoms with Crippen LogP contribution in [0.2, 0.25) is 5.02 Å². The zero-order valence-electron chi connectivity index (χ0n) is 11.3. The fraction of sp³-hybridized carbons (Fsp3) is 0.0625. The third-order valence-corrected chi connectivity index (χ3v) is 3.34. The van der Waals surface area contributed by atoms with Crippen LogP contribution in [0, 0.1) is 12.7 Å². The van der Waals surface area contributed by atoms with E-state index in [4.69, 9.17) is 11.6 Å². The molecule has 3 nitrogen and oxygen atoms in total. The summed E-state index contributed by atoms with van der Waals surface area (Å²) >= 11 is 5.73. The first-order valence-electron chi connectivity index (χ1n) is 6.47. The van der Waals surface area contributed by atoms with Crippen LogP contribution in [0.3, 0.4) is 0 Å². The van der Waals surface area contributed by atoms with Gasteiger partial charge in [-0.2, -0.15) is 0 Å². The van der Waals surface area contributed by atoms with Crippen molar-refractivity contribution in [2.24, 2.45) is 0 Å². The normalized spacial score (nSPS) is 10.6. The Morgan fingerprint density at radius 1 is 1.14 bits per heavy atom. The fourth-order valence-corrected chi connectivity index (χ4v) is 2.19. The number of benzene rings is 2. The Bertz CT molecular complexity index is 768. The Hall–Kier alpha value is -2.33. The highest BCUT2D eigenvalue weighted by Gasteiger charge is 2.10. The molecule has 0 aliphatic rings. The lowest BCUT2D eigenvalue weighted by atomic mass is 10.3. The monoisotopic (exact) mass is 301 g/mol. The van der Waals surface area contributed by atoms with Gasteiger partial charge >= 0.3 is 0 Å². The van der Waals surface area contributed by atoms with E-state index < -0.39 is 5.82 Å². The molecule has 0 radical (unpaired) electrons. The van der Waals surface area contributed by atoms with Crippen molar-refractivity contribution in [2.75, 3.05) is 5.32 Å². The quantitative estimate of drug-likeness (QED) is 0.759. The standard InChI is InChI=1S/C16H13ClFN3/c1-11-10-21(13-7-8-14(17)15(18)9-13)16(19-11)20-12-5-3-2-4-6-12/h2-10H,1H3,(H,19,20). The molecule has 1 aromatic heterocycles. The van der Waals surface area contributed by atoms with Gasteiger partial charge in [-0.05, 0) is 37.3 Å². The van der Waals surface area contributed by atoms with Crippen molar-refractivity contribution in [1.82, 2.24) is 9.55 Å². The topological polar surface area (TPSA) is 29.9 Å². The number of para-hydroxylation sites is 1. The molecule has 0 saturated carbocycles. The minimum atomic E-state index is -0.453. The predicted molar refractivity (Wildman–Crippen MR) is 83.0 cm³/mol. The summed E-state index contributed by atoms with van der Waals surface area (Å²) in [6.07, 6.45) is 1.84. The number of nitrogens with zero attached hydrogens (tertiary/aromatic N) is 2. The van der Waals surface area contributed by atoms with Crippen molar-refractivity contribution in [1.29, 1.82) is 0 Å². The summed E-state index contributed by atoms with van der Waals surface area (Å²) in [5.41, 5.74) is 2.42. The van der Waals surface area contributed by atoms with Gasteiger partial charge in [-0.25, -0.2) is 9.37 Å². The highest BCUT2D eigenvalue weighted by Crippen LogP contribution is 2.23. The number of nitrogens with one attached hydrogen (secondary N) is 1. The molecule has 0 aliphatic carbocycles. The zero-order valence-corrected chi connectivity index (χ0v) is 12.1. The first-order valence-corrected chi connectivity index (χ1v) is 6.85. The van der Waals surface area contributed by atoms with Gasteiger partial charge in [0.25, 0.3) is 0 Å². The number of hydrogen-bond acceptors (Lipinski definition) is 2. The van der Waals surface area contributed by atoms with E-state index in [1.165, 1.54) is 12.1 Å². The molecule has 1 N–H and O–H groups in total. The van der Waals surface area contributed by atoms with Crippen molar-refractivity contribution < 1.29 is 4.39 Å². The van der Waals surface area contributed by atoms with Gasteiger partial charge in [0.1, 0.15) is 5.82 Å². The second-order valence-corrected chi connectivity index (χ2v) is 5.07. The summed E-state index contributed by atoms with van der Waals surface area (Å²) in [6.45, 7) is 1.89. The van der Waals surface area contributed by atoms with Crippen LogP contribution in [0.4, 0.5) is 16.0 Å². The third kappa shape index (κ3) is 2.90. The van der Waals surface area contributed by atoms with Gasteiger partial charge in [0, 0.05) is 11.9 Å². The van der Waals surface area contributed by atoms with Crippen LogP contribution in [0.15, 0.2) is 54.7 Å². The van der Waals surface area contributed by atoms with Gasteiger partial charge < -0.3 is 5.32 Å². The zero-order chi connectivity index (χ0) is 14.8. The van der Waals surface area contributed by atoms with Crippen molar-refractivity contribution >= 4 is 23.2 Å². The summed E-state index contributed by atoms with van der Waals surface area (Å²) in [6, 6.07) is 14.4. The van der Waals surface area contributed by atoms with Crippen LogP contribution in [-0.4, -0.2) is 9.55 Å². The summed E-state index contributed by atoms with van der Waals surface area (Å²) in [4.78, 5) is 4.43. The average Bonchev–Trinajstić information content (AvgIpc) is 2.84. The first-order chi connectivity index (χ1) is 10.1. The summed E-state index contributed by atoms with van der Waals surface area (Å²) in [5, 5.41) is 3.33. The highest BCUT2D eigenvalue weighted by molar-refractivity contribution is 6.30. The second kappa shape index (κ2) is 5.58. The number of anilines is 2. The van der Waals surface area contributed by atoms with Gasteiger partial charge in [-0.15, -0.1) is 0 Å². The number of aryl methyl sites for hydroxylation is 1. The van der Waals surface area contributed by atoms with E-state index in [0.29, 0.717) is 11.6 Å². The molecule has 3 aromatic rings. The maximum Gasteiger partial charge on any atom is 0.212 e. The van der Waals surface area contributed by atoms with Gasteiger partial charge in [0.05, 0.1) is 16.4 Å². The maximum absolute atomic E-state index is 13.6. The molecule has 0 saturated heterocycles. The van der Waals surface area contributed by atoms with Gasteiger partial charge in [-0.3, -0.25) is 4.57 Å². The lowest BCUT2D eigenvalue weighted by Gasteiger charge is -2.10. The van der Waals surface area contributed by atoms with E-state index in [9.17, 15) is 4.39 Å². The van der Waals surface area contributed by atoms with E-state index in [2.05, 4.69) is 10.3 Å². The molecule has 0 atom stereocenters. The van der Waals surface area contributed by atoms with Crippen LogP contribution in [-0.2, 0) is 0 Å². The Kier molecular flexibility index (Phi) is 3.62. The average molecular weight is 302 g/mol. The van der Waals surface area contributed by atoms with E-state index in [0.717, 1.165) is 11.4 Å². The lowest BCUT2D eigenvalue weighted by molar-refractivity contribution is 0.627. The SMILES string of the molecule is Cc1cn(-c2ccc(Cl)c(F)c2)c(Nc2ccccc2)n1. The maximum atomic E-state index is 13.6. The first kappa shape index (κ1) is 13.6. The van der Waals surface area contributed by atoms with E-state index in [1.807, 2.05) is 43.5 Å². The minimum absolute atomic E-state index is 0.105. The van der Waals surface area contributed by atoms with Gasteiger partial charge in [0.2, 0.25) is 5.95 Å². The lowest BCUT2D eigenvalue weighted by Crippen LogP contribution is -2.01. The molecule has 5 heteroatoms. The molecule has 0 bridgehead atoms. The molecule has 1 heterocycles. The number of rotatable bonds is 3. The molecule has 0 fully saturated rings. The molecule has 0 aliphatic heterocycles. The van der Waals surface area contributed by atoms with E-state index >= 15 is 0 Å². The van der Waals surface area contributed by atoms with Gasteiger partial charge in [0.15, 0.2) is 0 Å². The Labute approximate surface area is 127 Å². The molecule has 2 aromatic carbocycles. The van der Waals surface area contributed by atoms with Crippen LogP contribution in [0.25, 0.3) is 5.69 Å². The molecule has 106 valence electrons. The number of aromatic nitrogens is 2. The molecule has 3 rings (SSSR count). The molecule has 0 amide bonds. The molecule has 0 spiro atoms. The van der Waals surface area contributed by atoms with Crippen molar-refractivity contribution in [3.05, 3.63) is 71.3 Å². The van der Waals surface area contributed by atoms with Crippen molar-refractivity contribution in [3.63, 3.8) is 0 Å². The largest absolute Gasteiger partial charge is 0.325 e. The molecular formula is C16H13ClFN3. The molecular weight excluding hydrogens is 289 g/mol. The van der Waals surface area contributed by atoms with E-state index in [-0.39, 0.29) is 5.02 Å². The van der Waals surface area contributed by atoms with Crippen LogP contribution in [0.1, 0.15) is 5.69 Å². The number of halogens is 2. The molecule has 0 unspecified atom stereocenters. The van der Waals surface area contributed by atoms with E-state index in [1.54, 1.807) is 10.6 Å². The van der Waals surface area contributed by atoms with Crippen molar-refractivity contribution in [2.45, 2.75) is 6.92 Å². The fourth-order valence-electron chi connectivity index (χ4n) is 2.07. The second-order valence-electron chi connectivity index (χ2n) is 4.67. The Morgan fingerprint density at radius 2 is 1.90 bits per heavy atom. The van der Waals surface area contributed by atoms with Crippen LogP contribution >= 0.6 is 11.6 Å².